The molecular formula is C13H13N3O4. The Labute approximate surface area is 114 Å². The van der Waals surface area contributed by atoms with E-state index in [4.69, 9.17) is 4.52 Å². The number of nitro benzene ring substituents is 1. The Hall–Kier alpha value is -2.57. The molecule has 0 amide bonds. The average Bonchev–Trinajstić information content (AvgIpc) is 2.95. The number of carbonyl (C=O) groups is 1. The number of hydrogen-bond acceptors (Lipinski definition) is 6. The molecule has 1 aromatic carbocycles. The summed E-state index contributed by atoms with van der Waals surface area (Å²) in [7, 11) is 0. The normalized spacial score (nSPS) is 12.1. The largest absolute Gasteiger partial charge is 0.338 e. The minimum atomic E-state index is -0.510. The lowest BCUT2D eigenvalue weighted by atomic mass is 10.1. The summed E-state index contributed by atoms with van der Waals surface area (Å²) in [6.07, 6.45) is 0.365. The van der Waals surface area contributed by atoms with Crippen molar-refractivity contribution < 1.29 is 14.2 Å². The molecule has 0 fully saturated rings. The summed E-state index contributed by atoms with van der Waals surface area (Å²) >= 11 is 0. The van der Waals surface area contributed by atoms with Gasteiger partial charge < -0.3 is 4.52 Å². The van der Waals surface area contributed by atoms with Crippen LogP contribution >= 0.6 is 0 Å². The van der Waals surface area contributed by atoms with Crippen molar-refractivity contribution >= 4 is 11.5 Å². The van der Waals surface area contributed by atoms with Gasteiger partial charge in [-0.1, -0.05) is 24.2 Å². The molecule has 0 N–H and O–H groups in total. The number of para-hydroxylation sites is 1. The van der Waals surface area contributed by atoms with Crippen LogP contribution in [0.25, 0.3) is 11.4 Å². The third-order valence-electron chi connectivity index (χ3n) is 2.99. The summed E-state index contributed by atoms with van der Waals surface area (Å²) in [5, 5.41) is 14.7. The topological polar surface area (TPSA) is 99.1 Å². The molecule has 1 heterocycles. The monoisotopic (exact) mass is 275 g/mol. The van der Waals surface area contributed by atoms with E-state index in [2.05, 4.69) is 10.1 Å². The number of aromatic nitrogens is 2. The van der Waals surface area contributed by atoms with Crippen molar-refractivity contribution in [2.75, 3.05) is 0 Å². The van der Waals surface area contributed by atoms with E-state index in [1.807, 2.05) is 0 Å². The van der Waals surface area contributed by atoms with E-state index in [1.165, 1.54) is 6.07 Å². The Balaban J connectivity index is 2.39. The van der Waals surface area contributed by atoms with Crippen molar-refractivity contribution in [3.8, 4) is 11.4 Å². The zero-order valence-corrected chi connectivity index (χ0v) is 11.1. The summed E-state index contributed by atoms with van der Waals surface area (Å²) < 4.78 is 5.03. The molecule has 0 saturated carbocycles. The Morgan fingerprint density at radius 3 is 2.80 bits per heavy atom. The highest BCUT2D eigenvalue weighted by Crippen LogP contribution is 2.28. The van der Waals surface area contributed by atoms with Gasteiger partial charge in [0.15, 0.2) is 0 Å². The first kappa shape index (κ1) is 13.9. The number of Topliss-reactive ketones (excluding diaryl/α,β-unsaturated/α-hetero) is 1. The number of hydrogen-bond donors (Lipinski definition) is 0. The van der Waals surface area contributed by atoms with Crippen LogP contribution in [0.2, 0.25) is 0 Å². The van der Waals surface area contributed by atoms with E-state index in [0.29, 0.717) is 6.42 Å². The third-order valence-corrected chi connectivity index (χ3v) is 2.99. The van der Waals surface area contributed by atoms with Gasteiger partial charge >= 0.3 is 0 Å². The lowest BCUT2D eigenvalue weighted by Crippen LogP contribution is -2.07. The summed E-state index contributed by atoms with van der Waals surface area (Å²) in [6.45, 7) is 3.42. The van der Waals surface area contributed by atoms with Crippen molar-refractivity contribution in [1.82, 2.24) is 10.1 Å². The number of nitro groups is 1. The molecule has 20 heavy (non-hydrogen) atoms. The molecule has 0 aliphatic heterocycles. The predicted octanol–water partition coefficient (Wildman–Crippen LogP) is 2.73. The molecule has 1 atom stereocenters. The standard InChI is InChI=1S/C13H13N3O4/c1-3-11(17)8(2)13-14-12(15-20-13)9-6-4-5-7-10(9)16(18)19/h4-8H,3H2,1-2H3. The smallest absolute Gasteiger partial charge is 0.280 e. The van der Waals surface area contributed by atoms with Crippen LogP contribution in [0.3, 0.4) is 0 Å². The maximum atomic E-state index is 11.6. The number of benzene rings is 1. The van der Waals surface area contributed by atoms with Crippen LogP contribution in [0.5, 0.6) is 0 Å². The van der Waals surface area contributed by atoms with Crippen LogP contribution in [0.15, 0.2) is 28.8 Å². The van der Waals surface area contributed by atoms with Gasteiger partial charge in [-0.05, 0) is 13.0 Å². The molecule has 7 nitrogen and oxygen atoms in total. The molecule has 2 rings (SSSR count). The molecule has 2 aromatic rings. The zero-order chi connectivity index (χ0) is 14.7. The van der Waals surface area contributed by atoms with Gasteiger partial charge in [-0.15, -0.1) is 0 Å². The number of rotatable bonds is 5. The Kier molecular flexibility index (Phi) is 3.88. The summed E-state index contributed by atoms with van der Waals surface area (Å²) in [4.78, 5) is 26.1. The Morgan fingerprint density at radius 2 is 2.15 bits per heavy atom. The molecule has 1 unspecified atom stereocenters. The second kappa shape index (κ2) is 5.60. The van der Waals surface area contributed by atoms with Gasteiger partial charge in [0.2, 0.25) is 11.7 Å². The molecule has 1 aromatic heterocycles. The fourth-order valence-corrected chi connectivity index (χ4v) is 1.79. The molecule has 0 radical (unpaired) electrons. The molecule has 104 valence electrons. The van der Waals surface area contributed by atoms with Gasteiger partial charge in [-0.3, -0.25) is 14.9 Å². The van der Waals surface area contributed by atoms with Crippen molar-refractivity contribution in [1.29, 1.82) is 0 Å². The maximum Gasteiger partial charge on any atom is 0.280 e. The van der Waals surface area contributed by atoms with Crippen LogP contribution in [-0.2, 0) is 4.79 Å². The molecule has 7 heteroatoms. The van der Waals surface area contributed by atoms with E-state index in [1.54, 1.807) is 32.0 Å². The fourth-order valence-electron chi connectivity index (χ4n) is 1.79. The maximum absolute atomic E-state index is 11.6. The quantitative estimate of drug-likeness (QED) is 0.614. The van der Waals surface area contributed by atoms with Gasteiger partial charge in [0.05, 0.1) is 10.8 Å². The number of carbonyl (C=O) groups excluding carboxylic acids is 1. The van der Waals surface area contributed by atoms with Gasteiger partial charge in [0.1, 0.15) is 11.3 Å². The minimum absolute atomic E-state index is 0.0252. The van der Waals surface area contributed by atoms with Crippen molar-refractivity contribution in [2.45, 2.75) is 26.2 Å². The summed E-state index contributed by atoms with van der Waals surface area (Å²) in [6, 6.07) is 6.12. The van der Waals surface area contributed by atoms with Crippen LogP contribution in [0.1, 0.15) is 32.1 Å². The molecule has 0 spiro atoms. The van der Waals surface area contributed by atoms with Gasteiger partial charge in [-0.25, -0.2) is 0 Å². The third kappa shape index (κ3) is 2.56. The summed E-state index contributed by atoms with van der Waals surface area (Å²) in [5.74, 6) is -0.250. The van der Waals surface area contributed by atoms with Crippen LogP contribution in [-0.4, -0.2) is 20.8 Å². The number of nitrogens with zero attached hydrogens (tertiary/aromatic N) is 3. The minimum Gasteiger partial charge on any atom is -0.338 e. The van der Waals surface area contributed by atoms with Crippen molar-refractivity contribution in [3.63, 3.8) is 0 Å². The van der Waals surface area contributed by atoms with E-state index in [9.17, 15) is 14.9 Å². The summed E-state index contributed by atoms with van der Waals surface area (Å²) in [5.41, 5.74) is 0.165. The van der Waals surface area contributed by atoms with Crippen LogP contribution in [0, 0.1) is 10.1 Å². The van der Waals surface area contributed by atoms with Crippen molar-refractivity contribution in [3.05, 3.63) is 40.3 Å². The second-order valence-corrected chi connectivity index (χ2v) is 4.27. The fraction of sp³-hybridized carbons (Fsp3) is 0.308. The lowest BCUT2D eigenvalue weighted by molar-refractivity contribution is -0.384. The van der Waals surface area contributed by atoms with Gasteiger partial charge in [0, 0.05) is 12.5 Å². The highest BCUT2D eigenvalue weighted by molar-refractivity contribution is 5.84. The van der Waals surface area contributed by atoms with E-state index in [-0.39, 0.29) is 28.7 Å². The van der Waals surface area contributed by atoms with Crippen LogP contribution in [0.4, 0.5) is 5.69 Å². The molecule has 0 bridgehead atoms. The molecule has 0 aliphatic rings. The van der Waals surface area contributed by atoms with Gasteiger partial charge in [-0.2, -0.15) is 4.98 Å². The van der Waals surface area contributed by atoms with E-state index < -0.39 is 10.8 Å². The first-order valence-corrected chi connectivity index (χ1v) is 6.14. The van der Waals surface area contributed by atoms with E-state index >= 15 is 0 Å². The second-order valence-electron chi connectivity index (χ2n) is 4.27. The average molecular weight is 275 g/mol. The van der Waals surface area contributed by atoms with Crippen LogP contribution < -0.4 is 0 Å². The highest BCUT2D eigenvalue weighted by Gasteiger charge is 2.23. The zero-order valence-electron chi connectivity index (χ0n) is 11.1. The predicted molar refractivity (Wildman–Crippen MR) is 70.1 cm³/mol. The molecular weight excluding hydrogens is 262 g/mol. The highest BCUT2D eigenvalue weighted by atomic mass is 16.6. The first-order chi connectivity index (χ1) is 9.54. The van der Waals surface area contributed by atoms with E-state index in [0.717, 1.165) is 0 Å². The molecule has 0 saturated heterocycles. The first-order valence-electron chi connectivity index (χ1n) is 6.14. The molecule has 0 aliphatic carbocycles. The SMILES string of the molecule is CCC(=O)C(C)c1nc(-c2ccccc2[N+](=O)[O-])no1. The van der Waals surface area contributed by atoms with Gasteiger partial charge in [0.25, 0.3) is 5.69 Å². The van der Waals surface area contributed by atoms with Crippen molar-refractivity contribution in [2.24, 2.45) is 0 Å². The number of ketones is 1. The Morgan fingerprint density at radius 1 is 1.45 bits per heavy atom. The lowest BCUT2D eigenvalue weighted by Gasteiger charge is -2.01. The Bertz CT molecular complexity index is 651.